The van der Waals surface area contributed by atoms with Gasteiger partial charge in [0.15, 0.2) is 0 Å². The molecular weight excluding hydrogens is 289 g/mol. The summed E-state index contributed by atoms with van der Waals surface area (Å²) >= 11 is 0. The third-order valence-corrected chi connectivity index (χ3v) is 4.18. The Bertz CT molecular complexity index is 633. The number of hydrogen-bond donors (Lipinski definition) is 1. The minimum absolute atomic E-state index is 0.605. The monoisotopic (exact) mass is 308 g/mol. The van der Waals surface area contributed by atoms with Crippen molar-refractivity contribution in [1.29, 1.82) is 0 Å². The number of alkyl halides is 3. The van der Waals surface area contributed by atoms with Crippen LogP contribution in [0.5, 0.6) is 0 Å². The van der Waals surface area contributed by atoms with Crippen molar-refractivity contribution in [2.45, 2.75) is 18.6 Å². The van der Waals surface area contributed by atoms with E-state index in [9.17, 15) is 13.2 Å². The van der Waals surface area contributed by atoms with E-state index in [-0.39, 0.29) is 0 Å². The largest absolute Gasteiger partial charge is 0.390 e. The molecule has 5 heteroatoms. The predicted molar refractivity (Wildman–Crippen MR) is 81.8 cm³/mol. The molecule has 2 aromatic rings. The van der Waals surface area contributed by atoms with E-state index in [1.54, 1.807) is 0 Å². The highest BCUT2D eigenvalue weighted by Gasteiger charge is 2.35. The van der Waals surface area contributed by atoms with Gasteiger partial charge in [-0.05, 0) is 22.4 Å². The van der Waals surface area contributed by atoms with E-state index in [0.29, 0.717) is 13.1 Å². The molecule has 1 aliphatic rings. The molecule has 0 amide bonds. The third-order valence-electron chi connectivity index (χ3n) is 4.18. The number of benzene rings is 2. The van der Waals surface area contributed by atoms with Crippen LogP contribution in [0.4, 0.5) is 13.2 Å². The smallest absolute Gasteiger partial charge is 0.314 e. The highest BCUT2D eigenvalue weighted by Crippen LogP contribution is 2.35. The average Bonchev–Trinajstić information content (AvgIpc) is 2.52. The molecule has 1 atom stereocenters. The van der Waals surface area contributed by atoms with Crippen molar-refractivity contribution in [2.75, 3.05) is 26.2 Å². The Morgan fingerprint density at radius 2 is 1.68 bits per heavy atom. The van der Waals surface area contributed by atoms with E-state index in [2.05, 4.69) is 5.32 Å². The molecule has 1 saturated heterocycles. The summed E-state index contributed by atoms with van der Waals surface area (Å²) in [7, 11) is 0. The Balaban J connectivity index is 1.94. The number of hydrogen-bond acceptors (Lipinski definition) is 2. The van der Waals surface area contributed by atoms with Crippen LogP contribution in [0.25, 0.3) is 10.8 Å². The van der Waals surface area contributed by atoms with Crippen LogP contribution in [-0.2, 0) is 0 Å². The molecule has 3 rings (SSSR count). The van der Waals surface area contributed by atoms with E-state index in [4.69, 9.17) is 0 Å². The number of nitrogens with one attached hydrogen (secondary N) is 1. The maximum absolute atomic E-state index is 13.0. The summed E-state index contributed by atoms with van der Waals surface area (Å²) in [6.07, 6.45) is -4.97. The maximum Gasteiger partial charge on any atom is 0.390 e. The quantitative estimate of drug-likeness (QED) is 0.929. The van der Waals surface area contributed by atoms with Crippen molar-refractivity contribution < 1.29 is 13.2 Å². The summed E-state index contributed by atoms with van der Waals surface area (Å²) in [5.41, 5.74) is 0.748. The maximum atomic E-state index is 13.0. The van der Waals surface area contributed by atoms with Crippen LogP contribution >= 0.6 is 0 Å². The minimum atomic E-state index is -4.17. The SMILES string of the molecule is FC(F)(F)C[C@H](c1ccc2ccccc2c1)N1CCNCC1. The van der Waals surface area contributed by atoms with Crippen molar-refractivity contribution in [3.8, 4) is 0 Å². The Kier molecular flexibility index (Phi) is 4.36. The molecule has 1 aliphatic heterocycles. The number of halogens is 3. The standard InChI is InChI=1S/C17H19F3N2/c18-17(19,20)12-16(22-9-7-21-8-10-22)15-6-5-13-3-1-2-4-14(13)11-15/h1-6,11,16,21H,7-10,12H2/t16-/m1/s1. The summed E-state index contributed by atoms with van der Waals surface area (Å²) in [6.45, 7) is 2.77. The normalized spacial score (nSPS) is 18.5. The molecule has 0 saturated carbocycles. The Morgan fingerprint density at radius 3 is 2.36 bits per heavy atom. The number of fused-ring (bicyclic) bond motifs is 1. The van der Waals surface area contributed by atoms with Crippen LogP contribution in [0, 0.1) is 0 Å². The lowest BCUT2D eigenvalue weighted by molar-refractivity contribution is -0.148. The first kappa shape index (κ1) is 15.3. The van der Waals surface area contributed by atoms with E-state index in [0.717, 1.165) is 29.4 Å². The van der Waals surface area contributed by atoms with Crippen molar-refractivity contribution in [3.05, 3.63) is 48.0 Å². The fraction of sp³-hybridized carbons (Fsp3) is 0.412. The van der Waals surface area contributed by atoms with Gasteiger partial charge in [0.1, 0.15) is 0 Å². The van der Waals surface area contributed by atoms with E-state index >= 15 is 0 Å². The van der Waals surface area contributed by atoms with Crippen molar-refractivity contribution in [3.63, 3.8) is 0 Å². The van der Waals surface area contributed by atoms with E-state index in [1.807, 2.05) is 47.4 Å². The topological polar surface area (TPSA) is 15.3 Å². The first-order chi connectivity index (χ1) is 10.5. The van der Waals surface area contributed by atoms with E-state index in [1.165, 1.54) is 0 Å². The molecule has 0 aliphatic carbocycles. The molecule has 2 nitrogen and oxygen atoms in total. The molecule has 22 heavy (non-hydrogen) atoms. The van der Waals surface area contributed by atoms with Gasteiger partial charge in [0.2, 0.25) is 0 Å². The molecule has 0 spiro atoms. The van der Waals surface area contributed by atoms with Crippen LogP contribution in [0.15, 0.2) is 42.5 Å². The lowest BCUT2D eigenvalue weighted by Gasteiger charge is -2.35. The van der Waals surface area contributed by atoms with Gasteiger partial charge >= 0.3 is 6.18 Å². The third kappa shape index (κ3) is 3.59. The van der Waals surface area contributed by atoms with Gasteiger partial charge in [0, 0.05) is 32.2 Å². The first-order valence-electron chi connectivity index (χ1n) is 7.53. The van der Waals surface area contributed by atoms with Gasteiger partial charge in [-0.15, -0.1) is 0 Å². The zero-order valence-corrected chi connectivity index (χ0v) is 12.2. The predicted octanol–water partition coefficient (Wildman–Crippen LogP) is 3.74. The zero-order chi connectivity index (χ0) is 15.6. The van der Waals surface area contributed by atoms with Crippen LogP contribution in [0.2, 0.25) is 0 Å². The van der Waals surface area contributed by atoms with Gasteiger partial charge in [-0.3, -0.25) is 4.90 Å². The highest BCUT2D eigenvalue weighted by molar-refractivity contribution is 5.83. The molecule has 2 aromatic carbocycles. The fourth-order valence-electron chi connectivity index (χ4n) is 3.09. The summed E-state index contributed by atoms with van der Waals surface area (Å²) in [5, 5.41) is 5.23. The van der Waals surface area contributed by atoms with Crippen molar-refractivity contribution in [1.82, 2.24) is 10.2 Å². The molecule has 1 fully saturated rings. The van der Waals surface area contributed by atoms with Gasteiger partial charge in [0.05, 0.1) is 6.42 Å². The van der Waals surface area contributed by atoms with Gasteiger partial charge in [-0.2, -0.15) is 13.2 Å². The lowest BCUT2D eigenvalue weighted by Crippen LogP contribution is -2.46. The van der Waals surface area contributed by atoms with Gasteiger partial charge < -0.3 is 5.32 Å². The first-order valence-corrected chi connectivity index (χ1v) is 7.53. The molecule has 1 heterocycles. The zero-order valence-electron chi connectivity index (χ0n) is 12.2. The lowest BCUT2D eigenvalue weighted by atomic mass is 9.97. The Hall–Kier alpha value is -1.59. The van der Waals surface area contributed by atoms with Crippen molar-refractivity contribution in [2.24, 2.45) is 0 Å². The highest BCUT2D eigenvalue weighted by atomic mass is 19.4. The average molecular weight is 308 g/mol. The van der Waals surface area contributed by atoms with Crippen LogP contribution in [-0.4, -0.2) is 37.3 Å². The summed E-state index contributed by atoms with van der Waals surface area (Å²) in [5.74, 6) is 0. The van der Waals surface area contributed by atoms with Gasteiger partial charge in [-0.25, -0.2) is 0 Å². The summed E-state index contributed by atoms with van der Waals surface area (Å²) < 4.78 is 39.1. The van der Waals surface area contributed by atoms with Crippen molar-refractivity contribution >= 4 is 10.8 Å². The molecular formula is C17H19F3N2. The molecule has 0 radical (unpaired) electrons. The second kappa shape index (κ2) is 6.26. The van der Waals surface area contributed by atoms with Gasteiger partial charge in [-0.1, -0.05) is 36.4 Å². The number of piperazine rings is 1. The van der Waals surface area contributed by atoms with E-state index < -0.39 is 18.6 Å². The Labute approximate surface area is 127 Å². The fourth-order valence-corrected chi connectivity index (χ4v) is 3.09. The Morgan fingerprint density at radius 1 is 1.00 bits per heavy atom. The van der Waals surface area contributed by atoms with Crippen LogP contribution in [0.1, 0.15) is 18.0 Å². The van der Waals surface area contributed by atoms with Crippen LogP contribution in [0.3, 0.4) is 0 Å². The van der Waals surface area contributed by atoms with Gasteiger partial charge in [0.25, 0.3) is 0 Å². The molecule has 0 bridgehead atoms. The summed E-state index contributed by atoms with van der Waals surface area (Å²) in [6, 6.07) is 12.8. The number of nitrogens with zero attached hydrogens (tertiary/aromatic N) is 1. The molecule has 0 unspecified atom stereocenters. The number of rotatable bonds is 3. The second-order valence-corrected chi connectivity index (χ2v) is 5.73. The second-order valence-electron chi connectivity index (χ2n) is 5.73. The molecule has 118 valence electrons. The molecule has 1 N–H and O–H groups in total. The van der Waals surface area contributed by atoms with Crippen LogP contribution < -0.4 is 5.32 Å². The minimum Gasteiger partial charge on any atom is -0.314 e. The molecule has 0 aromatic heterocycles. The summed E-state index contributed by atoms with van der Waals surface area (Å²) in [4.78, 5) is 1.94.